The fourth-order valence-corrected chi connectivity index (χ4v) is 3.71. The monoisotopic (exact) mass is 353 g/mol. The van der Waals surface area contributed by atoms with E-state index >= 15 is 0 Å². The molecule has 0 amide bonds. The molecule has 2 fully saturated rings. The third kappa shape index (κ3) is 3.93. The molecule has 1 N–H and O–H groups in total. The minimum atomic E-state index is 0.117. The predicted molar refractivity (Wildman–Crippen MR) is 102 cm³/mol. The Hall–Kier alpha value is -1.88. The van der Waals surface area contributed by atoms with Crippen LogP contribution < -0.4 is 10.1 Å². The minimum Gasteiger partial charge on any atom is -0.493 e. The van der Waals surface area contributed by atoms with Gasteiger partial charge in [0, 0.05) is 30.7 Å². The van der Waals surface area contributed by atoms with Crippen LogP contribution in [0.5, 0.6) is 5.75 Å². The number of ether oxygens (including phenoxy) is 3. The Bertz CT molecular complexity index is 710. The number of para-hydroxylation sites is 1. The van der Waals surface area contributed by atoms with Crippen LogP contribution in [-0.2, 0) is 9.47 Å². The SMILES string of the molecule is C[C@@H]1NCCO[C@H]1c1ccc(-c2ccccc2OCC2CCOC2)cc1. The summed E-state index contributed by atoms with van der Waals surface area (Å²) in [6.07, 6.45) is 1.21. The van der Waals surface area contributed by atoms with Gasteiger partial charge in [-0.15, -0.1) is 0 Å². The van der Waals surface area contributed by atoms with Crippen LogP contribution in [0.3, 0.4) is 0 Å². The van der Waals surface area contributed by atoms with Crippen LogP contribution in [0.15, 0.2) is 48.5 Å². The predicted octanol–water partition coefficient (Wildman–Crippen LogP) is 3.82. The molecule has 0 radical (unpaired) electrons. The van der Waals surface area contributed by atoms with Crippen LogP contribution >= 0.6 is 0 Å². The van der Waals surface area contributed by atoms with Crippen molar-refractivity contribution < 1.29 is 14.2 Å². The molecular weight excluding hydrogens is 326 g/mol. The highest BCUT2D eigenvalue weighted by atomic mass is 16.5. The first-order chi connectivity index (χ1) is 12.8. The number of morpholine rings is 1. The lowest BCUT2D eigenvalue weighted by Crippen LogP contribution is -2.41. The van der Waals surface area contributed by atoms with Gasteiger partial charge in [-0.3, -0.25) is 0 Å². The summed E-state index contributed by atoms with van der Waals surface area (Å²) in [4.78, 5) is 0. The molecule has 3 atom stereocenters. The zero-order valence-electron chi connectivity index (χ0n) is 15.3. The molecule has 0 saturated carbocycles. The molecule has 138 valence electrons. The smallest absolute Gasteiger partial charge is 0.127 e. The van der Waals surface area contributed by atoms with Gasteiger partial charge in [-0.1, -0.05) is 42.5 Å². The van der Waals surface area contributed by atoms with Gasteiger partial charge >= 0.3 is 0 Å². The molecule has 4 rings (SSSR count). The molecule has 2 aliphatic rings. The quantitative estimate of drug-likeness (QED) is 0.887. The molecule has 1 unspecified atom stereocenters. The summed E-state index contributed by atoms with van der Waals surface area (Å²) in [7, 11) is 0. The van der Waals surface area contributed by atoms with Crippen molar-refractivity contribution in [1.29, 1.82) is 0 Å². The first kappa shape index (κ1) is 17.5. The van der Waals surface area contributed by atoms with Gasteiger partial charge in [0.15, 0.2) is 0 Å². The van der Waals surface area contributed by atoms with E-state index < -0.39 is 0 Å². The van der Waals surface area contributed by atoms with Crippen molar-refractivity contribution in [1.82, 2.24) is 5.32 Å². The molecule has 26 heavy (non-hydrogen) atoms. The summed E-state index contributed by atoms with van der Waals surface area (Å²) in [5, 5.41) is 3.47. The summed E-state index contributed by atoms with van der Waals surface area (Å²) in [6.45, 7) is 6.24. The topological polar surface area (TPSA) is 39.7 Å². The first-order valence-electron chi connectivity index (χ1n) is 9.56. The zero-order valence-corrected chi connectivity index (χ0v) is 15.3. The summed E-state index contributed by atoms with van der Waals surface area (Å²) < 4.78 is 17.5. The Kier molecular flexibility index (Phi) is 5.54. The maximum absolute atomic E-state index is 6.12. The van der Waals surface area contributed by atoms with Gasteiger partial charge < -0.3 is 19.5 Å². The normalized spacial score (nSPS) is 26.0. The van der Waals surface area contributed by atoms with Crippen LogP contribution in [0.2, 0.25) is 0 Å². The lowest BCUT2D eigenvalue weighted by Gasteiger charge is -2.30. The molecule has 2 saturated heterocycles. The molecule has 4 nitrogen and oxygen atoms in total. The van der Waals surface area contributed by atoms with Crippen LogP contribution in [0.1, 0.15) is 25.0 Å². The molecule has 2 aromatic rings. The standard InChI is InChI=1S/C22H27NO3/c1-16-22(25-13-11-23-16)19-8-6-18(7-9-19)20-4-2-3-5-21(20)26-15-17-10-12-24-14-17/h2-9,16-17,22-23H,10-15H2,1H3/t16-,17?,22+/m0/s1. The van der Waals surface area contributed by atoms with Crippen molar-refractivity contribution in [2.45, 2.75) is 25.5 Å². The van der Waals surface area contributed by atoms with Crippen molar-refractivity contribution in [2.75, 3.05) is 33.0 Å². The van der Waals surface area contributed by atoms with E-state index in [-0.39, 0.29) is 6.10 Å². The van der Waals surface area contributed by atoms with E-state index in [9.17, 15) is 0 Å². The zero-order chi connectivity index (χ0) is 17.8. The Morgan fingerprint density at radius 2 is 1.92 bits per heavy atom. The van der Waals surface area contributed by atoms with Gasteiger partial charge in [0.2, 0.25) is 0 Å². The summed E-state index contributed by atoms with van der Waals surface area (Å²) in [6, 6.07) is 17.3. The van der Waals surface area contributed by atoms with Crippen molar-refractivity contribution >= 4 is 0 Å². The summed E-state index contributed by atoms with van der Waals surface area (Å²) in [5.74, 6) is 1.44. The van der Waals surface area contributed by atoms with Gasteiger partial charge in [-0.2, -0.15) is 0 Å². The van der Waals surface area contributed by atoms with Gasteiger partial charge in [-0.05, 0) is 30.5 Å². The highest BCUT2D eigenvalue weighted by Crippen LogP contribution is 2.32. The van der Waals surface area contributed by atoms with E-state index in [2.05, 4.69) is 54.7 Å². The molecule has 2 aromatic carbocycles. The van der Waals surface area contributed by atoms with Crippen molar-refractivity contribution in [3.8, 4) is 16.9 Å². The molecule has 2 heterocycles. The molecular formula is C22H27NO3. The van der Waals surface area contributed by atoms with E-state index in [4.69, 9.17) is 14.2 Å². The van der Waals surface area contributed by atoms with Gasteiger partial charge in [0.1, 0.15) is 5.75 Å². The fraction of sp³-hybridized carbons (Fsp3) is 0.455. The fourth-order valence-electron chi connectivity index (χ4n) is 3.71. The average Bonchev–Trinajstić information content (AvgIpc) is 3.21. The molecule has 4 heteroatoms. The number of benzene rings is 2. The Balaban J connectivity index is 1.50. The lowest BCUT2D eigenvalue weighted by molar-refractivity contribution is -0.000215. The van der Waals surface area contributed by atoms with Crippen LogP contribution in [0, 0.1) is 5.92 Å². The average molecular weight is 353 g/mol. The highest BCUT2D eigenvalue weighted by Gasteiger charge is 2.23. The second-order valence-electron chi connectivity index (χ2n) is 7.19. The number of rotatable bonds is 5. The maximum atomic E-state index is 6.12. The van der Waals surface area contributed by atoms with Crippen molar-refractivity contribution in [3.63, 3.8) is 0 Å². The van der Waals surface area contributed by atoms with Crippen LogP contribution in [-0.4, -0.2) is 39.0 Å². The van der Waals surface area contributed by atoms with Crippen molar-refractivity contribution in [3.05, 3.63) is 54.1 Å². The number of hydrogen-bond acceptors (Lipinski definition) is 4. The van der Waals surface area contributed by atoms with Gasteiger partial charge in [0.25, 0.3) is 0 Å². The van der Waals surface area contributed by atoms with E-state index in [1.807, 2.05) is 6.07 Å². The third-order valence-corrected chi connectivity index (χ3v) is 5.26. The van der Waals surface area contributed by atoms with E-state index in [0.29, 0.717) is 18.6 Å². The second kappa shape index (κ2) is 8.21. The Morgan fingerprint density at radius 3 is 2.69 bits per heavy atom. The van der Waals surface area contributed by atoms with E-state index in [1.54, 1.807) is 0 Å². The summed E-state index contributed by atoms with van der Waals surface area (Å²) >= 11 is 0. The number of hydrogen-bond donors (Lipinski definition) is 1. The molecule has 0 aromatic heterocycles. The minimum absolute atomic E-state index is 0.117. The lowest BCUT2D eigenvalue weighted by atomic mass is 9.98. The highest BCUT2D eigenvalue weighted by molar-refractivity contribution is 5.70. The Labute approximate surface area is 155 Å². The van der Waals surface area contributed by atoms with E-state index in [0.717, 1.165) is 44.1 Å². The molecule has 2 aliphatic heterocycles. The van der Waals surface area contributed by atoms with Crippen LogP contribution in [0.4, 0.5) is 0 Å². The van der Waals surface area contributed by atoms with E-state index in [1.165, 1.54) is 11.1 Å². The van der Waals surface area contributed by atoms with Crippen molar-refractivity contribution in [2.24, 2.45) is 5.92 Å². The summed E-state index contributed by atoms with van der Waals surface area (Å²) in [5.41, 5.74) is 3.52. The second-order valence-corrected chi connectivity index (χ2v) is 7.19. The van der Waals surface area contributed by atoms with Crippen LogP contribution in [0.25, 0.3) is 11.1 Å². The molecule has 0 bridgehead atoms. The maximum Gasteiger partial charge on any atom is 0.127 e. The van der Waals surface area contributed by atoms with Gasteiger partial charge in [-0.25, -0.2) is 0 Å². The number of nitrogens with one attached hydrogen (secondary N) is 1. The first-order valence-corrected chi connectivity index (χ1v) is 9.56. The molecule has 0 spiro atoms. The Morgan fingerprint density at radius 1 is 1.08 bits per heavy atom. The molecule has 0 aliphatic carbocycles. The largest absolute Gasteiger partial charge is 0.493 e. The van der Waals surface area contributed by atoms with Gasteiger partial charge in [0.05, 0.1) is 25.9 Å². The third-order valence-electron chi connectivity index (χ3n) is 5.26.